The number of fused-ring (bicyclic) bond motifs is 1. The first-order valence-corrected chi connectivity index (χ1v) is 8.04. The van der Waals surface area contributed by atoms with E-state index in [1.165, 1.54) is 0 Å². The van der Waals surface area contributed by atoms with Gasteiger partial charge in [-0.15, -0.1) is 0 Å². The molecule has 2 aromatic rings. The van der Waals surface area contributed by atoms with E-state index in [0.29, 0.717) is 10.9 Å². The maximum atomic E-state index is 9.99. The van der Waals surface area contributed by atoms with Crippen molar-refractivity contribution in [1.29, 1.82) is 0 Å². The smallest absolute Gasteiger partial charge is 0.231 e. The van der Waals surface area contributed by atoms with Gasteiger partial charge < -0.3 is 34.9 Å². The number of hydrogen-bond acceptors (Lipinski definition) is 6. The van der Waals surface area contributed by atoms with Crippen LogP contribution in [-0.2, 0) is 4.74 Å². The molecule has 1 saturated heterocycles. The molecule has 0 radical (unpaired) electrons. The molecule has 23 heavy (non-hydrogen) atoms. The Kier molecular flexibility index (Phi) is 4.84. The van der Waals surface area contributed by atoms with Gasteiger partial charge in [-0.3, -0.25) is 0 Å². The van der Waals surface area contributed by atoms with Gasteiger partial charge >= 0.3 is 0 Å². The van der Waals surface area contributed by atoms with Crippen molar-refractivity contribution >= 4 is 38.4 Å². The molecule has 0 aliphatic carbocycles. The molecule has 0 bridgehead atoms. The third-order valence-electron chi connectivity index (χ3n) is 3.76. The molecule has 5 N–H and O–H groups in total. The van der Waals surface area contributed by atoms with Crippen LogP contribution in [0.5, 0.6) is 5.88 Å². The van der Waals surface area contributed by atoms with Crippen molar-refractivity contribution in [2.45, 2.75) is 30.7 Å². The molecule has 0 saturated carbocycles. The van der Waals surface area contributed by atoms with Crippen LogP contribution in [0.4, 0.5) is 0 Å². The van der Waals surface area contributed by atoms with Crippen molar-refractivity contribution in [3.63, 3.8) is 0 Å². The lowest BCUT2D eigenvalue weighted by atomic mass is 9.99. The highest BCUT2D eigenvalue weighted by Crippen LogP contribution is 2.38. The van der Waals surface area contributed by atoms with Crippen molar-refractivity contribution in [2.24, 2.45) is 0 Å². The summed E-state index contributed by atoms with van der Waals surface area (Å²) < 4.78 is 11.6. The SMILES string of the molecule is OC[C@H]1OC(Oc2[nH]c3cccc(Br)c3c2Cl)[C@H](O)[C@@H](O)[C@@H]1O. The first-order valence-electron chi connectivity index (χ1n) is 6.87. The fraction of sp³-hybridized carbons (Fsp3) is 0.429. The molecule has 5 atom stereocenters. The summed E-state index contributed by atoms with van der Waals surface area (Å²) in [5.41, 5.74) is 0.712. The molecule has 1 aromatic heterocycles. The standard InChI is InChI=1S/C14H15BrClNO6/c15-5-2-1-3-6-8(5)9(16)13(17-6)23-14-12(21)11(20)10(19)7(4-18)22-14/h1-3,7,10-12,14,17-21H,4H2/t7-,10-,11+,12-,14?/m1/s1. The molecular formula is C14H15BrClNO6. The van der Waals surface area contributed by atoms with E-state index in [1.54, 1.807) is 6.07 Å². The predicted octanol–water partition coefficient (Wildman–Crippen LogP) is 0.762. The number of H-pyrrole nitrogens is 1. The number of benzene rings is 1. The van der Waals surface area contributed by atoms with Crippen LogP contribution in [-0.4, -0.2) is 62.7 Å². The minimum absolute atomic E-state index is 0.151. The molecule has 1 fully saturated rings. The number of halogens is 2. The first-order chi connectivity index (χ1) is 10.9. The molecule has 0 amide bonds. The average molecular weight is 409 g/mol. The van der Waals surface area contributed by atoms with Crippen LogP contribution < -0.4 is 4.74 Å². The summed E-state index contributed by atoms with van der Waals surface area (Å²) >= 11 is 9.67. The Balaban J connectivity index is 1.89. The highest BCUT2D eigenvalue weighted by molar-refractivity contribution is 9.10. The van der Waals surface area contributed by atoms with Crippen LogP contribution in [0.2, 0.25) is 5.02 Å². The van der Waals surface area contributed by atoms with E-state index < -0.39 is 37.3 Å². The van der Waals surface area contributed by atoms with E-state index in [0.717, 1.165) is 4.47 Å². The Morgan fingerprint density at radius 3 is 2.61 bits per heavy atom. The molecule has 1 aromatic carbocycles. The predicted molar refractivity (Wildman–Crippen MR) is 85.4 cm³/mol. The summed E-state index contributed by atoms with van der Waals surface area (Å²) in [6.45, 7) is -0.531. The van der Waals surface area contributed by atoms with Crippen molar-refractivity contribution in [3.05, 3.63) is 27.7 Å². The van der Waals surface area contributed by atoms with Gasteiger partial charge in [-0.25, -0.2) is 0 Å². The van der Waals surface area contributed by atoms with Gasteiger partial charge in [0, 0.05) is 9.86 Å². The normalized spacial score (nSPS) is 31.5. The second-order valence-corrected chi connectivity index (χ2v) is 6.48. The Morgan fingerprint density at radius 1 is 1.22 bits per heavy atom. The third-order valence-corrected chi connectivity index (χ3v) is 4.78. The molecule has 1 aliphatic heterocycles. The summed E-state index contributed by atoms with van der Waals surface area (Å²) in [5, 5.41) is 39.7. The Hall–Kier alpha value is -0.870. The quantitative estimate of drug-likeness (QED) is 0.512. The number of aliphatic hydroxyl groups is 4. The summed E-state index contributed by atoms with van der Waals surface area (Å²) in [7, 11) is 0. The lowest BCUT2D eigenvalue weighted by Crippen LogP contribution is -2.60. The molecule has 3 rings (SSSR count). The third kappa shape index (κ3) is 2.96. The van der Waals surface area contributed by atoms with Crippen LogP contribution in [0.15, 0.2) is 22.7 Å². The number of rotatable bonds is 3. The zero-order chi connectivity index (χ0) is 16.7. The molecule has 9 heteroatoms. The maximum Gasteiger partial charge on any atom is 0.231 e. The number of aromatic nitrogens is 1. The lowest BCUT2D eigenvalue weighted by Gasteiger charge is -2.39. The monoisotopic (exact) mass is 407 g/mol. The van der Waals surface area contributed by atoms with Crippen LogP contribution in [0.25, 0.3) is 10.9 Å². The molecule has 126 valence electrons. The number of aliphatic hydroxyl groups excluding tert-OH is 4. The Bertz CT molecular complexity index is 708. The molecule has 2 heterocycles. The second-order valence-electron chi connectivity index (χ2n) is 5.25. The number of ether oxygens (including phenoxy) is 2. The minimum Gasteiger partial charge on any atom is -0.445 e. The molecule has 1 aliphatic rings. The fourth-order valence-corrected chi connectivity index (χ4v) is 3.48. The van der Waals surface area contributed by atoms with Gasteiger partial charge in [0.15, 0.2) is 0 Å². The highest BCUT2D eigenvalue weighted by Gasteiger charge is 2.45. The lowest BCUT2D eigenvalue weighted by molar-refractivity contribution is -0.278. The van der Waals surface area contributed by atoms with Gasteiger partial charge in [-0.05, 0) is 12.1 Å². The first kappa shape index (κ1) is 17.0. The largest absolute Gasteiger partial charge is 0.445 e. The second kappa shape index (κ2) is 6.56. The van der Waals surface area contributed by atoms with Gasteiger partial charge in [0.1, 0.15) is 29.4 Å². The van der Waals surface area contributed by atoms with Gasteiger partial charge in [0.2, 0.25) is 12.2 Å². The van der Waals surface area contributed by atoms with E-state index >= 15 is 0 Å². The zero-order valence-corrected chi connectivity index (χ0v) is 14.0. The number of aromatic amines is 1. The van der Waals surface area contributed by atoms with Crippen LogP contribution in [0.1, 0.15) is 0 Å². The van der Waals surface area contributed by atoms with E-state index in [4.69, 9.17) is 21.1 Å². The Labute approximate surface area is 144 Å². The van der Waals surface area contributed by atoms with Crippen LogP contribution in [0, 0.1) is 0 Å². The highest BCUT2D eigenvalue weighted by atomic mass is 79.9. The maximum absolute atomic E-state index is 9.99. The zero-order valence-electron chi connectivity index (χ0n) is 11.7. The number of hydrogen-bond donors (Lipinski definition) is 5. The molecule has 0 spiro atoms. The molecule has 7 nitrogen and oxygen atoms in total. The average Bonchev–Trinajstić information content (AvgIpc) is 2.85. The van der Waals surface area contributed by atoms with Crippen LogP contribution >= 0.6 is 27.5 Å². The van der Waals surface area contributed by atoms with Crippen molar-refractivity contribution in [2.75, 3.05) is 6.61 Å². The van der Waals surface area contributed by atoms with Gasteiger partial charge in [0.25, 0.3) is 0 Å². The number of nitrogens with one attached hydrogen (secondary N) is 1. The van der Waals surface area contributed by atoms with Crippen molar-refractivity contribution in [1.82, 2.24) is 4.98 Å². The van der Waals surface area contributed by atoms with E-state index in [2.05, 4.69) is 20.9 Å². The minimum atomic E-state index is -1.51. The van der Waals surface area contributed by atoms with Crippen molar-refractivity contribution < 1.29 is 29.9 Å². The van der Waals surface area contributed by atoms with Gasteiger partial charge in [-0.1, -0.05) is 33.6 Å². The van der Waals surface area contributed by atoms with Crippen molar-refractivity contribution in [3.8, 4) is 5.88 Å². The summed E-state index contributed by atoms with van der Waals surface area (Å²) in [5.74, 6) is 0.151. The molecular weight excluding hydrogens is 394 g/mol. The molecule has 1 unspecified atom stereocenters. The summed E-state index contributed by atoms with van der Waals surface area (Å²) in [4.78, 5) is 2.95. The Morgan fingerprint density at radius 2 is 1.96 bits per heavy atom. The van der Waals surface area contributed by atoms with E-state index in [-0.39, 0.29) is 10.9 Å². The van der Waals surface area contributed by atoms with Crippen LogP contribution in [0.3, 0.4) is 0 Å². The van der Waals surface area contributed by atoms with E-state index in [9.17, 15) is 20.4 Å². The van der Waals surface area contributed by atoms with Gasteiger partial charge in [0.05, 0.1) is 12.1 Å². The summed E-state index contributed by atoms with van der Waals surface area (Å²) in [6.07, 6.45) is -6.80. The topological polar surface area (TPSA) is 115 Å². The fourth-order valence-electron chi connectivity index (χ4n) is 2.50. The van der Waals surface area contributed by atoms with E-state index in [1.807, 2.05) is 12.1 Å². The summed E-state index contributed by atoms with van der Waals surface area (Å²) in [6, 6.07) is 5.43. The van der Waals surface area contributed by atoms with Gasteiger partial charge in [-0.2, -0.15) is 0 Å².